The number of sulfonamides is 1. The van der Waals surface area contributed by atoms with E-state index in [4.69, 9.17) is 11.6 Å². The van der Waals surface area contributed by atoms with Gasteiger partial charge in [0.2, 0.25) is 10.0 Å². The Morgan fingerprint density at radius 2 is 1.86 bits per heavy atom. The van der Waals surface area contributed by atoms with E-state index >= 15 is 0 Å². The minimum absolute atomic E-state index is 0.0390. The number of urea groups is 1. The van der Waals surface area contributed by atoms with Crippen molar-refractivity contribution in [3.8, 4) is 0 Å². The smallest absolute Gasteiger partial charge is 0.318 e. The lowest BCUT2D eigenvalue weighted by Crippen LogP contribution is -2.54. The number of anilines is 1. The van der Waals surface area contributed by atoms with Crippen molar-refractivity contribution in [1.29, 1.82) is 0 Å². The summed E-state index contributed by atoms with van der Waals surface area (Å²) in [6.45, 7) is 4.86. The molecule has 1 N–H and O–H groups in total. The summed E-state index contributed by atoms with van der Waals surface area (Å²) in [5, 5.41) is 3.39. The lowest BCUT2D eigenvalue weighted by Gasteiger charge is -2.43. The molecular weight excluding hydrogens is 420 g/mol. The van der Waals surface area contributed by atoms with Crippen molar-refractivity contribution in [1.82, 2.24) is 14.2 Å². The lowest BCUT2D eigenvalue weighted by molar-refractivity contribution is 0.0979. The number of nitrogens with one attached hydrogen (secondary N) is 1. The number of halogens is 1. The van der Waals surface area contributed by atoms with Gasteiger partial charge in [0.25, 0.3) is 0 Å². The Bertz CT molecular complexity index is 770. The predicted octanol–water partition coefficient (Wildman–Crippen LogP) is 4.02. The first kappa shape index (κ1) is 21.8. The molecule has 3 rings (SSSR count). The van der Waals surface area contributed by atoms with Gasteiger partial charge in [-0.2, -0.15) is 0 Å². The highest BCUT2D eigenvalue weighted by atomic mass is 35.5. The highest BCUT2D eigenvalue weighted by Gasteiger charge is 2.36. The van der Waals surface area contributed by atoms with E-state index in [0.717, 1.165) is 25.7 Å². The number of carbonyl (C=O) groups excluding carboxylic acids is 1. The molecule has 1 aromatic rings. The van der Waals surface area contributed by atoms with E-state index in [1.165, 1.54) is 17.5 Å². The van der Waals surface area contributed by atoms with Crippen molar-refractivity contribution in [2.75, 3.05) is 24.2 Å². The topological polar surface area (TPSA) is 82.6 Å². The average molecular weight is 449 g/mol. The Kier molecular flexibility index (Phi) is 7.22. The van der Waals surface area contributed by atoms with Crippen LogP contribution in [0, 0.1) is 5.92 Å². The molecule has 1 saturated heterocycles. The quantitative estimate of drug-likeness (QED) is 0.737. The second-order valence-corrected chi connectivity index (χ2v) is 11.7. The van der Waals surface area contributed by atoms with Crippen LogP contribution >= 0.6 is 22.9 Å². The van der Waals surface area contributed by atoms with E-state index in [1.807, 2.05) is 4.90 Å². The van der Waals surface area contributed by atoms with Gasteiger partial charge in [0, 0.05) is 25.2 Å². The Balaban J connectivity index is 1.72. The Hall–Kier alpha value is -0.900. The van der Waals surface area contributed by atoms with E-state index < -0.39 is 10.0 Å². The normalized spacial score (nSPS) is 24.8. The molecule has 1 saturated carbocycles. The Labute approximate surface area is 176 Å². The zero-order valence-electron chi connectivity index (χ0n) is 16.4. The second kappa shape index (κ2) is 9.28. The predicted molar refractivity (Wildman–Crippen MR) is 113 cm³/mol. The van der Waals surface area contributed by atoms with Crippen LogP contribution in [-0.2, 0) is 10.0 Å². The molecule has 0 atom stereocenters. The first-order valence-electron chi connectivity index (χ1n) is 9.98. The Morgan fingerprint density at radius 1 is 1.25 bits per heavy atom. The van der Waals surface area contributed by atoms with Gasteiger partial charge in [-0.1, -0.05) is 29.9 Å². The number of piperidine rings is 1. The first-order valence-corrected chi connectivity index (χ1v) is 12.8. The third-order valence-corrected chi connectivity index (χ3v) is 8.79. The maximum Gasteiger partial charge on any atom is 0.324 e. The van der Waals surface area contributed by atoms with Crippen LogP contribution in [-0.4, -0.2) is 59.6 Å². The van der Waals surface area contributed by atoms with Gasteiger partial charge in [-0.15, -0.1) is 0 Å². The molecule has 7 nitrogen and oxygen atoms in total. The van der Waals surface area contributed by atoms with E-state index in [-0.39, 0.29) is 23.9 Å². The first-order chi connectivity index (χ1) is 13.3. The van der Waals surface area contributed by atoms with Crippen LogP contribution in [0.2, 0.25) is 4.34 Å². The molecule has 2 fully saturated rings. The number of hydrogen-bond donors (Lipinski definition) is 1. The minimum atomic E-state index is -3.18. The molecule has 2 aliphatic rings. The molecule has 1 aromatic heterocycles. The van der Waals surface area contributed by atoms with Crippen LogP contribution < -0.4 is 5.32 Å². The summed E-state index contributed by atoms with van der Waals surface area (Å²) < 4.78 is 26.4. The molecule has 1 aliphatic carbocycles. The molecule has 0 spiro atoms. The molecule has 0 bridgehead atoms. The van der Waals surface area contributed by atoms with Gasteiger partial charge >= 0.3 is 6.03 Å². The second-order valence-electron chi connectivity index (χ2n) is 7.75. The summed E-state index contributed by atoms with van der Waals surface area (Å²) in [5.41, 5.74) is 0. The number of aromatic nitrogens is 1. The molecule has 2 amide bonds. The average Bonchev–Trinajstić information content (AvgIpc) is 3.08. The molecule has 158 valence electrons. The molecular formula is C18H29ClN4O3S2. The number of carbonyl (C=O) groups is 1. The number of hydrogen-bond acceptors (Lipinski definition) is 5. The maximum absolute atomic E-state index is 13.1. The largest absolute Gasteiger partial charge is 0.324 e. The van der Waals surface area contributed by atoms with Gasteiger partial charge in [0.1, 0.15) is 4.34 Å². The van der Waals surface area contributed by atoms with E-state index in [0.29, 0.717) is 41.3 Å². The van der Waals surface area contributed by atoms with Crippen LogP contribution in [0.1, 0.15) is 52.4 Å². The summed E-state index contributed by atoms with van der Waals surface area (Å²) >= 11 is 7.18. The SMILES string of the molecule is CCS(=O)(=O)N1CCC(N(C(=O)Nc2ncc(Cl)s2)C2CCC(C)CC2)CC1. The van der Waals surface area contributed by atoms with Crippen molar-refractivity contribution in [2.24, 2.45) is 5.92 Å². The zero-order chi connectivity index (χ0) is 20.3. The van der Waals surface area contributed by atoms with Gasteiger partial charge < -0.3 is 4.90 Å². The van der Waals surface area contributed by atoms with Gasteiger partial charge in [0.15, 0.2) is 5.13 Å². The fraction of sp³-hybridized carbons (Fsp3) is 0.778. The van der Waals surface area contributed by atoms with Crippen LogP contribution in [0.4, 0.5) is 9.93 Å². The monoisotopic (exact) mass is 448 g/mol. The molecule has 0 aromatic carbocycles. The number of nitrogens with zero attached hydrogens (tertiary/aromatic N) is 3. The highest BCUT2D eigenvalue weighted by molar-refractivity contribution is 7.89. The fourth-order valence-corrected chi connectivity index (χ4v) is 6.13. The van der Waals surface area contributed by atoms with Crippen LogP contribution in [0.25, 0.3) is 0 Å². The highest BCUT2D eigenvalue weighted by Crippen LogP contribution is 2.32. The van der Waals surface area contributed by atoms with Crippen molar-refractivity contribution in [2.45, 2.75) is 64.5 Å². The minimum Gasteiger partial charge on any atom is -0.318 e. The summed E-state index contributed by atoms with van der Waals surface area (Å²) in [6.07, 6.45) is 7.06. The van der Waals surface area contributed by atoms with Gasteiger partial charge in [-0.05, 0) is 51.4 Å². The summed E-state index contributed by atoms with van der Waals surface area (Å²) in [4.78, 5) is 19.2. The number of rotatable bonds is 5. The standard InChI is InChI=1S/C18H29ClN4O3S2/c1-3-28(25,26)22-10-8-15(9-11-22)23(14-6-4-13(2)5-7-14)18(24)21-17-20-12-16(19)27-17/h12-15H,3-11H2,1-2H3,(H,20,21,24). The molecule has 10 heteroatoms. The van der Waals surface area contributed by atoms with Crippen molar-refractivity contribution >= 4 is 44.1 Å². The van der Waals surface area contributed by atoms with E-state index in [1.54, 1.807) is 11.2 Å². The van der Waals surface area contributed by atoms with Crippen LogP contribution in [0.5, 0.6) is 0 Å². The molecule has 2 heterocycles. The number of thiazole rings is 1. The van der Waals surface area contributed by atoms with Gasteiger partial charge in [-0.25, -0.2) is 22.5 Å². The maximum atomic E-state index is 13.1. The van der Waals surface area contributed by atoms with Crippen LogP contribution in [0.3, 0.4) is 0 Å². The van der Waals surface area contributed by atoms with Gasteiger partial charge in [-0.3, -0.25) is 5.32 Å². The zero-order valence-corrected chi connectivity index (χ0v) is 18.8. The van der Waals surface area contributed by atoms with Crippen LogP contribution in [0.15, 0.2) is 6.20 Å². The summed E-state index contributed by atoms with van der Waals surface area (Å²) in [6, 6.07) is 0.0745. The number of amides is 2. The summed E-state index contributed by atoms with van der Waals surface area (Å²) in [5.74, 6) is 0.808. The van der Waals surface area contributed by atoms with E-state index in [9.17, 15) is 13.2 Å². The van der Waals surface area contributed by atoms with Crippen molar-refractivity contribution < 1.29 is 13.2 Å². The molecule has 0 radical (unpaired) electrons. The van der Waals surface area contributed by atoms with Crippen molar-refractivity contribution in [3.05, 3.63) is 10.5 Å². The fourth-order valence-electron chi connectivity index (χ4n) is 4.20. The van der Waals surface area contributed by atoms with Crippen molar-refractivity contribution in [3.63, 3.8) is 0 Å². The molecule has 0 unspecified atom stereocenters. The molecule has 28 heavy (non-hydrogen) atoms. The molecule has 1 aliphatic heterocycles. The third kappa shape index (κ3) is 5.17. The van der Waals surface area contributed by atoms with E-state index in [2.05, 4.69) is 17.2 Å². The third-order valence-electron chi connectivity index (χ3n) is 5.88. The lowest BCUT2D eigenvalue weighted by atomic mass is 9.85. The van der Waals surface area contributed by atoms with Gasteiger partial charge in [0.05, 0.1) is 11.9 Å². The summed E-state index contributed by atoms with van der Waals surface area (Å²) in [7, 11) is -3.18. The Morgan fingerprint density at radius 3 is 2.39 bits per heavy atom.